The van der Waals surface area contributed by atoms with Gasteiger partial charge in [0.1, 0.15) is 6.61 Å². The van der Waals surface area contributed by atoms with Crippen LogP contribution in [0.15, 0.2) is 0 Å². The van der Waals surface area contributed by atoms with E-state index in [-0.39, 0.29) is 18.4 Å². The van der Waals surface area contributed by atoms with E-state index in [0.29, 0.717) is 13.1 Å². The van der Waals surface area contributed by atoms with Gasteiger partial charge < -0.3 is 15.4 Å². The van der Waals surface area contributed by atoms with E-state index in [9.17, 15) is 13.2 Å². The van der Waals surface area contributed by atoms with Crippen LogP contribution in [0.2, 0.25) is 0 Å². The molecule has 16 heavy (non-hydrogen) atoms. The van der Waals surface area contributed by atoms with Crippen LogP contribution in [0.5, 0.6) is 0 Å². The Morgan fingerprint density at radius 3 is 2.50 bits per heavy atom. The molecule has 96 valence electrons. The van der Waals surface area contributed by atoms with Gasteiger partial charge in [0.15, 0.2) is 0 Å². The molecule has 7 heteroatoms. The van der Waals surface area contributed by atoms with Crippen molar-refractivity contribution in [3.05, 3.63) is 0 Å². The Morgan fingerprint density at radius 2 is 2.06 bits per heavy atom. The van der Waals surface area contributed by atoms with Crippen LogP contribution < -0.4 is 5.73 Å². The molecule has 0 bridgehead atoms. The van der Waals surface area contributed by atoms with E-state index in [2.05, 4.69) is 4.74 Å². The topological polar surface area (TPSA) is 62.3 Å². The summed E-state index contributed by atoms with van der Waals surface area (Å²) in [5, 5.41) is 7.16. The molecule has 0 amide bonds. The number of rotatable bonds is 7. The molecule has 0 aromatic rings. The summed E-state index contributed by atoms with van der Waals surface area (Å²) in [7, 11) is 1.75. The van der Waals surface area contributed by atoms with Crippen molar-refractivity contribution < 1.29 is 17.9 Å². The number of nitrogens with zero attached hydrogens (tertiary/aromatic N) is 1. The van der Waals surface area contributed by atoms with Crippen molar-refractivity contribution >= 4 is 5.84 Å². The molecule has 0 aliphatic heterocycles. The second-order valence-corrected chi connectivity index (χ2v) is 3.79. The quantitative estimate of drug-likeness (QED) is 0.398. The summed E-state index contributed by atoms with van der Waals surface area (Å²) < 4.78 is 39.6. The first-order valence-electron chi connectivity index (χ1n) is 4.89. The van der Waals surface area contributed by atoms with Gasteiger partial charge in [0.05, 0.1) is 12.4 Å². The summed E-state index contributed by atoms with van der Waals surface area (Å²) in [6.45, 7) is 1.50. The van der Waals surface area contributed by atoms with Crippen LogP contribution in [0.4, 0.5) is 13.2 Å². The Kier molecular flexibility index (Phi) is 6.35. The predicted molar refractivity (Wildman–Crippen MR) is 55.4 cm³/mol. The van der Waals surface area contributed by atoms with Crippen molar-refractivity contribution in [3.8, 4) is 0 Å². The summed E-state index contributed by atoms with van der Waals surface area (Å²) in [4.78, 5) is 1.78. The zero-order chi connectivity index (χ0) is 12.8. The van der Waals surface area contributed by atoms with Gasteiger partial charge in [-0.1, -0.05) is 6.92 Å². The second kappa shape index (κ2) is 6.70. The van der Waals surface area contributed by atoms with E-state index >= 15 is 0 Å². The van der Waals surface area contributed by atoms with Crippen LogP contribution in [0.1, 0.15) is 6.92 Å². The maximum atomic E-state index is 11.7. The molecule has 4 nitrogen and oxygen atoms in total. The van der Waals surface area contributed by atoms with Gasteiger partial charge in [-0.3, -0.25) is 5.41 Å². The number of likely N-dealkylation sites (N-methyl/N-ethyl adjacent to an activating group) is 1. The lowest BCUT2D eigenvalue weighted by molar-refractivity contribution is -0.174. The zero-order valence-corrected chi connectivity index (χ0v) is 9.47. The largest absolute Gasteiger partial charge is 0.411 e. The average Bonchev–Trinajstić information content (AvgIpc) is 2.10. The average molecular weight is 241 g/mol. The molecule has 0 saturated carbocycles. The minimum atomic E-state index is -4.27. The van der Waals surface area contributed by atoms with E-state index < -0.39 is 12.8 Å². The van der Waals surface area contributed by atoms with Crippen molar-refractivity contribution in [1.29, 1.82) is 5.41 Å². The molecule has 0 aliphatic carbocycles. The molecule has 0 aromatic heterocycles. The molecule has 0 spiro atoms. The van der Waals surface area contributed by atoms with Gasteiger partial charge >= 0.3 is 6.18 Å². The smallest absolute Gasteiger partial charge is 0.387 e. The van der Waals surface area contributed by atoms with E-state index in [0.717, 1.165) is 0 Å². The van der Waals surface area contributed by atoms with Crippen LogP contribution >= 0.6 is 0 Å². The van der Waals surface area contributed by atoms with E-state index in [1.807, 2.05) is 0 Å². The van der Waals surface area contributed by atoms with Crippen LogP contribution in [0.25, 0.3) is 0 Å². The highest BCUT2D eigenvalue weighted by Gasteiger charge is 2.27. The highest BCUT2D eigenvalue weighted by atomic mass is 19.4. The van der Waals surface area contributed by atoms with Crippen LogP contribution in [0.3, 0.4) is 0 Å². The Balaban J connectivity index is 3.59. The minimum Gasteiger partial charge on any atom is -0.387 e. The lowest BCUT2D eigenvalue weighted by Crippen LogP contribution is -2.34. The van der Waals surface area contributed by atoms with E-state index in [1.54, 1.807) is 18.9 Å². The van der Waals surface area contributed by atoms with Crippen molar-refractivity contribution in [1.82, 2.24) is 4.90 Å². The summed E-state index contributed by atoms with van der Waals surface area (Å²) in [5.41, 5.74) is 5.27. The summed E-state index contributed by atoms with van der Waals surface area (Å²) in [5.74, 6) is -0.0318. The maximum absolute atomic E-state index is 11.7. The number of nitrogens with two attached hydrogens (primary N) is 1. The number of nitrogens with one attached hydrogen (secondary N) is 1. The summed E-state index contributed by atoms with van der Waals surface area (Å²) in [6, 6.07) is 0. The molecular weight excluding hydrogens is 223 g/mol. The first-order valence-corrected chi connectivity index (χ1v) is 4.89. The van der Waals surface area contributed by atoms with Crippen molar-refractivity contribution in [2.45, 2.75) is 13.1 Å². The van der Waals surface area contributed by atoms with Crippen molar-refractivity contribution in [2.75, 3.05) is 33.4 Å². The molecule has 1 atom stereocenters. The maximum Gasteiger partial charge on any atom is 0.411 e. The summed E-state index contributed by atoms with van der Waals surface area (Å²) in [6.07, 6.45) is -4.27. The molecular formula is C9H18F3N3O. The fraction of sp³-hybridized carbons (Fsp3) is 0.889. The number of halogens is 3. The molecule has 3 N–H and O–H groups in total. The zero-order valence-electron chi connectivity index (χ0n) is 9.47. The van der Waals surface area contributed by atoms with Gasteiger partial charge in [0.25, 0.3) is 0 Å². The van der Waals surface area contributed by atoms with Crippen LogP contribution in [-0.4, -0.2) is 50.3 Å². The number of ether oxygens (including phenoxy) is 1. The first kappa shape index (κ1) is 15.2. The highest BCUT2D eigenvalue weighted by molar-refractivity contribution is 5.79. The monoisotopic (exact) mass is 241 g/mol. The lowest BCUT2D eigenvalue weighted by atomic mass is 10.1. The fourth-order valence-electron chi connectivity index (χ4n) is 1.07. The van der Waals surface area contributed by atoms with Crippen molar-refractivity contribution in [2.24, 2.45) is 11.7 Å². The SMILES string of the molecule is CC(CN(C)CCOCC(F)(F)F)C(=N)N. The van der Waals surface area contributed by atoms with Gasteiger partial charge in [-0.15, -0.1) is 0 Å². The Labute approximate surface area is 93.1 Å². The molecule has 0 fully saturated rings. The predicted octanol–water partition coefficient (Wildman–Crippen LogP) is 1.07. The second-order valence-electron chi connectivity index (χ2n) is 3.79. The fourth-order valence-corrected chi connectivity index (χ4v) is 1.07. The number of amidine groups is 1. The summed E-state index contributed by atoms with van der Waals surface area (Å²) >= 11 is 0. The molecule has 0 aliphatic rings. The third kappa shape index (κ3) is 8.49. The van der Waals surface area contributed by atoms with Gasteiger partial charge in [0, 0.05) is 19.0 Å². The third-order valence-electron chi connectivity index (χ3n) is 2.00. The standard InChI is InChI=1S/C9H18F3N3O/c1-7(8(13)14)5-15(2)3-4-16-6-9(10,11)12/h7H,3-6H2,1-2H3,(H3,13,14). The molecule has 0 radical (unpaired) electrons. The van der Waals surface area contributed by atoms with Crippen molar-refractivity contribution in [3.63, 3.8) is 0 Å². The van der Waals surface area contributed by atoms with Crippen LogP contribution in [-0.2, 0) is 4.74 Å². The Bertz CT molecular complexity index is 221. The Hall–Kier alpha value is -0.820. The van der Waals surface area contributed by atoms with Crippen LogP contribution in [0, 0.1) is 11.3 Å². The Morgan fingerprint density at radius 1 is 1.50 bits per heavy atom. The molecule has 0 saturated heterocycles. The molecule has 1 unspecified atom stereocenters. The molecule has 0 aromatic carbocycles. The first-order chi connectivity index (χ1) is 7.22. The van der Waals surface area contributed by atoms with Gasteiger partial charge in [-0.25, -0.2) is 0 Å². The number of alkyl halides is 3. The normalized spacial score (nSPS) is 14.1. The lowest BCUT2D eigenvalue weighted by Gasteiger charge is -2.20. The van der Waals surface area contributed by atoms with E-state index in [1.165, 1.54) is 0 Å². The highest BCUT2D eigenvalue weighted by Crippen LogP contribution is 2.14. The molecule has 0 rings (SSSR count). The van der Waals surface area contributed by atoms with Gasteiger partial charge in [-0.2, -0.15) is 13.2 Å². The number of hydrogen-bond acceptors (Lipinski definition) is 3. The van der Waals surface area contributed by atoms with Gasteiger partial charge in [-0.05, 0) is 7.05 Å². The third-order valence-corrected chi connectivity index (χ3v) is 2.00. The molecule has 0 heterocycles. The van der Waals surface area contributed by atoms with Gasteiger partial charge in [0.2, 0.25) is 0 Å². The van der Waals surface area contributed by atoms with E-state index in [4.69, 9.17) is 11.1 Å². The number of hydrogen-bond donors (Lipinski definition) is 2. The minimum absolute atomic E-state index is 0.0145.